The second-order valence-corrected chi connectivity index (χ2v) is 4.43. The van der Waals surface area contributed by atoms with Gasteiger partial charge in [-0.05, 0) is 24.3 Å². The summed E-state index contributed by atoms with van der Waals surface area (Å²) in [5, 5.41) is 4.61. The molecule has 0 fully saturated rings. The molecule has 0 aliphatic rings. The van der Waals surface area contributed by atoms with Crippen molar-refractivity contribution < 1.29 is 0 Å². The van der Waals surface area contributed by atoms with Crippen molar-refractivity contribution in [3.05, 3.63) is 66.6 Å². The average Bonchev–Trinajstić information content (AvgIpc) is 2.93. The number of nitrogens with zero attached hydrogens (tertiary/aromatic N) is 3. The van der Waals surface area contributed by atoms with E-state index in [0.29, 0.717) is 5.88 Å². The predicted octanol–water partition coefficient (Wildman–Crippen LogP) is 3.67. The van der Waals surface area contributed by atoms with Crippen LogP contribution in [-0.4, -0.2) is 14.8 Å². The Morgan fingerprint density at radius 2 is 1.89 bits per heavy atom. The fourth-order valence-electron chi connectivity index (χ4n) is 1.97. The van der Waals surface area contributed by atoms with Crippen LogP contribution in [0, 0.1) is 0 Å². The van der Waals surface area contributed by atoms with Crippen LogP contribution < -0.4 is 0 Å². The first-order valence-electron chi connectivity index (χ1n) is 5.99. The Bertz CT molecular complexity index is 662. The van der Waals surface area contributed by atoms with Crippen LogP contribution in [-0.2, 0) is 5.88 Å². The van der Waals surface area contributed by atoms with E-state index in [4.69, 9.17) is 11.6 Å². The maximum absolute atomic E-state index is 6.01. The Morgan fingerprint density at radius 1 is 1.05 bits per heavy atom. The van der Waals surface area contributed by atoms with Crippen molar-refractivity contribution in [1.82, 2.24) is 14.8 Å². The van der Waals surface area contributed by atoms with Gasteiger partial charge in [0.2, 0.25) is 0 Å². The molecule has 3 nitrogen and oxygen atoms in total. The van der Waals surface area contributed by atoms with E-state index < -0.39 is 0 Å². The highest BCUT2D eigenvalue weighted by molar-refractivity contribution is 6.17. The predicted molar refractivity (Wildman–Crippen MR) is 76.4 cm³/mol. The molecule has 0 N–H and O–H groups in total. The zero-order valence-corrected chi connectivity index (χ0v) is 11.0. The van der Waals surface area contributed by atoms with Crippen LogP contribution in [0.25, 0.3) is 16.9 Å². The number of hydrogen-bond donors (Lipinski definition) is 0. The van der Waals surface area contributed by atoms with Crippen LogP contribution in [0.1, 0.15) is 5.56 Å². The van der Waals surface area contributed by atoms with Crippen molar-refractivity contribution in [2.45, 2.75) is 5.88 Å². The molecule has 4 heteroatoms. The second kappa shape index (κ2) is 5.24. The second-order valence-electron chi connectivity index (χ2n) is 4.16. The third-order valence-electron chi connectivity index (χ3n) is 2.89. The van der Waals surface area contributed by atoms with Crippen molar-refractivity contribution in [1.29, 1.82) is 0 Å². The third-order valence-corrected chi connectivity index (χ3v) is 3.18. The fraction of sp³-hybridized carbons (Fsp3) is 0.0667. The number of halogens is 1. The maximum Gasteiger partial charge on any atom is 0.0987 e. The maximum atomic E-state index is 6.01. The van der Waals surface area contributed by atoms with E-state index in [-0.39, 0.29) is 0 Å². The summed E-state index contributed by atoms with van der Waals surface area (Å²) in [6, 6.07) is 13.9. The summed E-state index contributed by atoms with van der Waals surface area (Å²) in [6.07, 6.45) is 5.51. The van der Waals surface area contributed by atoms with Gasteiger partial charge in [0, 0.05) is 29.7 Å². The molecule has 19 heavy (non-hydrogen) atoms. The van der Waals surface area contributed by atoms with Crippen molar-refractivity contribution in [3.8, 4) is 16.9 Å². The molecule has 2 heterocycles. The molecule has 3 rings (SSSR count). The Balaban J connectivity index is 2.09. The SMILES string of the molecule is ClCc1cn(-c2ccccc2)nc1-c1cccnc1. The lowest BCUT2D eigenvalue weighted by molar-refractivity contribution is 0.883. The minimum absolute atomic E-state index is 0.428. The molecule has 0 unspecified atom stereocenters. The van der Waals surface area contributed by atoms with Gasteiger partial charge in [0.15, 0.2) is 0 Å². The number of hydrogen-bond acceptors (Lipinski definition) is 2. The lowest BCUT2D eigenvalue weighted by Crippen LogP contribution is -1.94. The van der Waals surface area contributed by atoms with E-state index in [9.17, 15) is 0 Å². The van der Waals surface area contributed by atoms with Gasteiger partial charge in [0.05, 0.1) is 17.3 Å². The third kappa shape index (κ3) is 2.37. The van der Waals surface area contributed by atoms with Gasteiger partial charge in [0.1, 0.15) is 0 Å². The highest BCUT2D eigenvalue weighted by atomic mass is 35.5. The zero-order valence-electron chi connectivity index (χ0n) is 10.2. The van der Waals surface area contributed by atoms with Crippen LogP contribution in [0.5, 0.6) is 0 Å². The first-order chi connectivity index (χ1) is 9.38. The summed E-state index contributed by atoms with van der Waals surface area (Å²) in [5.41, 5.74) is 3.88. The lowest BCUT2D eigenvalue weighted by Gasteiger charge is -1.99. The van der Waals surface area contributed by atoms with Crippen LogP contribution in [0.3, 0.4) is 0 Å². The topological polar surface area (TPSA) is 30.7 Å². The lowest BCUT2D eigenvalue weighted by atomic mass is 10.1. The molecule has 3 aromatic rings. The molecule has 0 atom stereocenters. The van der Waals surface area contributed by atoms with Crippen LogP contribution >= 0.6 is 11.6 Å². The van der Waals surface area contributed by atoms with Crippen LogP contribution in [0.4, 0.5) is 0 Å². The number of alkyl halides is 1. The summed E-state index contributed by atoms with van der Waals surface area (Å²) < 4.78 is 1.85. The normalized spacial score (nSPS) is 10.6. The van der Waals surface area contributed by atoms with Gasteiger partial charge < -0.3 is 0 Å². The molecule has 1 aromatic carbocycles. The number of rotatable bonds is 3. The Kier molecular flexibility index (Phi) is 3.29. The van der Waals surface area contributed by atoms with Crippen LogP contribution in [0.15, 0.2) is 61.1 Å². The van der Waals surface area contributed by atoms with Crippen LogP contribution in [0.2, 0.25) is 0 Å². The Hall–Kier alpha value is -2.13. The molecule has 0 aliphatic heterocycles. The first kappa shape index (κ1) is 11.9. The molecule has 0 amide bonds. The van der Waals surface area contributed by atoms with Gasteiger partial charge in [-0.2, -0.15) is 5.10 Å². The van der Waals surface area contributed by atoms with Gasteiger partial charge >= 0.3 is 0 Å². The number of pyridine rings is 1. The van der Waals surface area contributed by atoms with Gasteiger partial charge in [-0.25, -0.2) is 4.68 Å². The molecule has 94 valence electrons. The van der Waals surface area contributed by atoms with E-state index >= 15 is 0 Å². The van der Waals surface area contributed by atoms with Crippen molar-refractivity contribution in [2.24, 2.45) is 0 Å². The molecule has 0 radical (unpaired) electrons. The first-order valence-corrected chi connectivity index (χ1v) is 6.52. The standard InChI is InChI=1S/C15H12ClN3/c16-9-13-11-19(14-6-2-1-3-7-14)18-15(13)12-5-4-8-17-10-12/h1-8,10-11H,9H2. The summed E-state index contributed by atoms with van der Waals surface area (Å²) in [6.45, 7) is 0. The van der Waals surface area contributed by atoms with E-state index in [1.54, 1.807) is 12.4 Å². The quantitative estimate of drug-likeness (QED) is 0.679. The highest BCUT2D eigenvalue weighted by Crippen LogP contribution is 2.24. The monoisotopic (exact) mass is 269 g/mol. The summed E-state index contributed by atoms with van der Waals surface area (Å²) in [5.74, 6) is 0.428. The van der Waals surface area contributed by atoms with E-state index in [1.165, 1.54) is 0 Å². The van der Waals surface area contributed by atoms with Gasteiger partial charge in [-0.15, -0.1) is 11.6 Å². The molecule has 0 spiro atoms. The van der Waals surface area contributed by atoms with Gasteiger partial charge in [-0.3, -0.25) is 4.98 Å². The largest absolute Gasteiger partial charge is 0.264 e. The number of aromatic nitrogens is 3. The van der Waals surface area contributed by atoms with E-state index in [0.717, 1.165) is 22.5 Å². The summed E-state index contributed by atoms with van der Waals surface area (Å²) in [7, 11) is 0. The smallest absolute Gasteiger partial charge is 0.0987 e. The van der Waals surface area contributed by atoms with Gasteiger partial charge in [0.25, 0.3) is 0 Å². The molecule has 0 saturated carbocycles. The average molecular weight is 270 g/mol. The molecule has 0 bridgehead atoms. The van der Waals surface area contributed by atoms with E-state index in [1.807, 2.05) is 53.3 Å². The Labute approximate surface area is 116 Å². The summed E-state index contributed by atoms with van der Waals surface area (Å²) in [4.78, 5) is 4.13. The molecule has 0 saturated heterocycles. The fourth-order valence-corrected chi connectivity index (χ4v) is 2.16. The minimum atomic E-state index is 0.428. The molecular weight excluding hydrogens is 258 g/mol. The number of para-hydroxylation sites is 1. The Morgan fingerprint density at radius 3 is 2.58 bits per heavy atom. The summed E-state index contributed by atoms with van der Waals surface area (Å²) >= 11 is 6.01. The van der Waals surface area contributed by atoms with Crippen molar-refractivity contribution >= 4 is 11.6 Å². The molecule has 2 aromatic heterocycles. The highest BCUT2D eigenvalue weighted by Gasteiger charge is 2.11. The van der Waals surface area contributed by atoms with Crippen molar-refractivity contribution in [3.63, 3.8) is 0 Å². The van der Waals surface area contributed by atoms with E-state index in [2.05, 4.69) is 10.1 Å². The zero-order chi connectivity index (χ0) is 13.1. The van der Waals surface area contributed by atoms with Gasteiger partial charge in [-0.1, -0.05) is 18.2 Å². The number of benzene rings is 1. The van der Waals surface area contributed by atoms with Crippen molar-refractivity contribution in [2.75, 3.05) is 0 Å². The molecular formula is C15H12ClN3. The minimum Gasteiger partial charge on any atom is -0.264 e. The molecule has 0 aliphatic carbocycles.